The number of hydrogen-bond donors (Lipinski definition) is 2. The van der Waals surface area contributed by atoms with Crippen molar-refractivity contribution in [1.82, 2.24) is 4.84 Å². The molecule has 7 heteroatoms. The first-order valence-electron chi connectivity index (χ1n) is 5.19. The largest absolute Gasteiger partial charge is 0.483 e. The van der Waals surface area contributed by atoms with E-state index in [9.17, 15) is 5.11 Å². The van der Waals surface area contributed by atoms with Gasteiger partial charge in [0.1, 0.15) is 20.7 Å². The zero-order valence-electron chi connectivity index (χ0n) is 9.70. The first kappa shape index (κ1) is 16.5. The van der Waals surface area contributed by atoms with E-state index in [1.54, 1.807) is 19.1 Å². The zero-order valence-corrected chi connectivity index (χ0v) is 14.8. The Morgan fingerprint density at radius 3 is 2.56 bits per heavy atom. The molecule has 2 N–H and O–H groups in total. The van der Waals surface area contributed by atoms with Gasteiger partial charge in [-0.25, -0.2) is 4.84 Å². The van der Waals surface area contributed by atoms with Crippen LogP contribution >= 0.6 is 57.0 Å². The van der Waals surface area contributed by atoms with Crippen molar-refractivity contribution in [3.05, 3.63) is 23.8 Å². The lowest BCUT2D eigenvalue weighted by molar-refractivity contribution is 0.143. The van der Waals surface area contributed by atoms with Gasteiger partial charge in [-0.15, -0.1) is 0 Å². The van der Waals surface area contributed by atoms with Crippen molar-refractivity contribution in [1.29, 1.82) is 0 Å². The molecule has 1 aromatic carbocycles. The van der Waals surface area contributed by atoms with Crippen molar-refractivity contribution in [3.63, 3.8) is 0 Å². The summed E-state index contributed by atoms with van der Waals surface area (Å²) in [7, 11) is 0. The maximum Gasteiger partial charge on any atom is 0.139 e. The van der Waals surface area contributed by atoms with Gasteiger partial charge in [-0.05, 0) is 82.1 Å². The van der Waals surface area contributed by atoms with Crippen LogP contribution in [-0.2, 0) is 0 Å². The van der Waals surface area contributed by atoms with Gasteiger partial charge in [0, 0.05) is 11.6 Å². The molecule has 1 aromatic rings. The lowest BCUT2D eigenvalue weighted by atomic mass is 10.0. The average Bonchev–Trinajstić information content (AvgIpc) is 2.39. The van der Waals surface area contributed by atoms with Crippen molar-refractivity contribution < 1.29 is 14.6 Å². The molecule has 102 valence electrons. The van der Waals surface area contributed by atoms with Crippen LogP contribution in [0, 0.1) is 0 Å². The molecule has 0 amide bonds. The number of ether oxygens (including phenoxy) is 2. The van der Waals surface area contributed by atoms with Gasteiger partial charge < -0.3 is 14.6 Å². The van der Waals surface area contributed by atoms with Crippen LogP contribution < -0.4 is 14.3 Å². The topological polar surface area (TPSA) is 50.7 Å². The summed E-state index contributed by atoms with van der Waals surface area (Å²) in [5, 5.41) is 10.2. The minimum absolute atomic E-state index is 0.293. The average molecular weight is 497 g/mol. The van der Waals surface area contributed by atoms with E-state index in [1.165, 1.54) is 0 Å². The molecule has 4 nitrogen and oxygen atoms in total. The Balaban J connectivity index is 3.05. The van der Waals surface area contributed by atoms with E-state index in [0.717, 1.165) is 0 Å². The third kappa shape index (κ3) is 4.55. The smallest absolute Gasteiger partial charge is 0.139 e. The van der Waals surface area contributed by atoms with E-state index in [4.69, 9.17) is 21.3 Å². The van der Waals surface area contributed by atoms with Gasteiger partial charge in [-0.1, -0.05) is 0 Å². The van der Waals surface area contributed by atoms with Gasteiger partial charge in [0.15, 0.2) is 0 Å². The molecule has 0 aromatic heterocycles. The summed E-state index contributed by atoms with van der Waals surface area (Å²) in [6, 6.07) is 5.09. The number of alkyl halides is 2. The zero-order chi connectivity index (χ0) is 13.5. The van der Waals surface area contributed by atoms with Crippen molar-refractivity contribution in [3.8, 4) is 11.5 Å². The van der Waals surface area contributed by atoms with Crippen molar-refractivity contribution in [2.24, 2.45) is 0 Å². The predicted molar refractivity (Wildman–Crippen MR) is 88.9 cm³/mol. The molecule has 0 radical (unpaired) electrons. The predicted octanol–water partition coefficient (Wildman–Crippen LogP) is 3.39. The number of halogens is 3. The van der Waals surface area contributed by atoms with E-state index < -0.39 is 6.10 Å². The standard InChI is InChI=1S/C11H14ClI2NO3/c1-7(15-12)11(16)9-4-8(17-5-13)2-3-10(9)18-6-14/h2-4,7,11,15-16H,5-6H2,1H3/t7-,11-/m0/s1. The first-order valence-corrected chi connectivity index (χ1v) is 8.62. The van der Waals surface area contributed by atoms with Gasteiger partial charge in [0.25, 0.3) is 0 Å². The number of aliphatic hydroxyl groups is 1. The molecule has 1 rings (SSSR count). The Labute approximate surface area is 139 Å². The van der Waals surface area contributed by atoms with Crippen LogP contribution in [0.2, 0.25) is 0 Å². The molecule has 0 fully saturated rings. The van der Waals surface area contributed by atoms with E-state index >= 15 is 0 Å². The summed E-state index contributed by atoms with van der Waals surface area (Å²) in [4.78, 5) is 2.51. The highest BCUT2D eigenvalue weighted by Crippen LogP contribution is 2.32. The minimum atomic E-state index is -0.766. The molecule has 0 unspecified atom stereocenters. The number of nitrogens with one attached hydrogen (secondary N) is 1. The van der Waals surface area contributed by atoms with Crippen LogP contribution in [-0.4, -0.2) is 20.4 Å². The summed E-state index contributed by atoms with van der Waals surface area (Å²) >= 11 is 9.76. The van der Waals surface area contributed by atoms with Crippen LogP contribution in [0.15, 0.2) is 18.2 Å². The first-order chi connectivity index (χ1) is 8.63. The molecule has 0 saturated heterocycles. The Morgan fingerprint density at radius 2 is 2.00 bits per heavy atom. The van der Waals surface area contributed by atoms with Crippen molar-refractivity contribution in [2.45, 2.75) is 19.1 Å². The molecule has 0 bridgehead atoms. The van der Waals surface area contributed by atoms with Gasteiger partial charge in [0.2, 0.25) is 0 Å². The fraction of sp³-hybridized carbons (Fsp3) is 0.455. The van der Waals surface area contributed by atoms with Gasteiger partial charge in [-0.2, -0.15) is 0 Å². The highest BCUT2D eigenvalue weighted by Gasteiger charge is 2.20. The normalized spacial score (nSPS) is 14.1. The van der Waals surface area contributed by atoms with E-state index in [-0.39, 0.29) is 6.04 Å². The molecular formula is C11H14ClI2NO3. The second-order valence-corrected chi connectivity index (χ2v) is 5.01. The van der Waals surface area contributed by atoms with E-state index in [1.807, 2.05) is 6.07 Å². The summed E-state index contributed by atoms with van der Waals surface area (Å²) in [5.74, 6) is 1.33. The molecule has 0 aliphatic heterocycles. The summed E-state index contributed by atoms with van der Waals surface area (Å²) in [6.45, 7) is 1.79. The second-order valence-electron chi connectivity index (χ2n) is 3.55. The van der Waals surface area contributed by atoms with Crippen LogP contribution in [0.4, 0.5) is 0 Å². The van der Waals surface area contributed by atoms with Gasteiger partial charge in [0.05, 0.1) is 6.10 Å². The highest BCUT2D eigenvalue weighted by molar-refractivity contribution is 14.1. The summed E-state index contributed by atoms with van der Waals surface area (Å²) < 4.78 is 11.9. The quantitative estimate of drug-likeness (QED) is 0.345. The minimum Gasteiger partial charge on any atom is -0.483 e. The Hall–Kier alpha value is 0.490. The second kappa shape index (κ2) is 8.62. The molecule has 2 atom stereocenters. The number of aliphatic hydroxyl groups excluding tert-OH is 1. The fourth-order valence-electron chi connectivity index (χ4n) is 1.43. The summed E-state index contributed by atoms with van der Waals surface area (Å²) in [6.07, 6.45) is -0.766. The monoisotopic (exact) mass is 497 g/mol. The number of rotatable bonds is 7. The highest BCUT2D eigenvalue weighted by atomic mass is 127. The van der Waals surface area contributed by atoms with Crippen LogP contribution in [0.1, 0.15) is 18.6 Å². The Bertz CT molecular complexity index is 381. The van der Waals surface area contributed by atoms with E-state index in [2.05, 4.69) is 50.0 Å². The Kier molecular flexibility index (Phi) is 7.92. The number of hydrogen-bond acceptors (Lipinski definition) is 4. The molecular weight excluding hydrogens is 483 g/mol. The lowest BCUT2D eigenvalue weighted by Gasteiger charge is -2.20. The van der Waals surface area contributed by atoms with Gasteiger partial charge in [-0.3, -0.25) is 0 Å². The fourth-order valence-corrected chi connectivity index (χ4v) is 2.24. The van der Waals surface area contributed by atoms with Crippen LogP contribution in [0.3, 0.4) is 0 Å². The number of benzene rings is 1. The maximum atomic E-state index is 10.2. The van der Waals surface area contributed by atoms with Crippen molar-refractivity contribution >= 4 is 57.0 Å². The molecule has 18 heavy (non-hydrogen) atoms. The van der Waals surface area contributed by atoms with E-state index in [0.29, 0.717) is 26.3 Å². The maximum absolute atomic E-state index is 10.2. The SMILES string of the molecule is C[C@H](NCl)[C@H](O)c1cc(OCI)ccc1OCI. The molecule has 0 spiro atoms. The molecule has 0 aliphatic carbocycles. The van der Waals surface area contributed by atoms with Crippen molar-refractivity contribution in [2.75, 3.05) is 9.23 Å². The van der Waals surface area contributed by atoms with Crippen LogP contribution in [0.5, 0.6) is 11.5 Å². The third-order valence-corrected chi connectivity index (χ3v) is 3.34. The van der Waals surface area contributed by atoms with Crippen LogP contribution in [0.25, 0.3) is 0 Å². The third-order valence-electron chi connectivity index (χ3n) is 2.38. The van der Waals surface area contributed by atoms with Gasteiger partial charge >= 0.3 is 0 Å². The molecule has 0 aliphatic rings. The Morgan fingerprint density at radius 1 is 1.33 bits per heavy atom. The molecule has 0 saturated carbocycles. The molecule has 0 heterocycles. The lowest BCUT2D eigenvalue weighted by Crippen LogP contribution is -2.25. The summed E-state index contributed by atoms with van der Waals surface area (Å²) in [5.41, 5.74) is 0.662.